The third-order valence-electron chi connectivity index (χ3n) is 5.40. The highest BCUT2D eigenvalue weighted by atomic mass is 16.6. The molecule has 0 N–H and O–H groups in total. The molecule has 3 aliphatic rings. The molecule has 2 aliphatic heterocycles. The summed E-state index contributed by atoms with van der Waals surface area (Å²) in [5, 5.41) is 0. The van der Waals surface area contributed by atoms with Crippen LogP contribution in [0.1, 0.15) is 48.3 Å². The number of aromatic nitrogens is 2. The predicted molar refractivity (Wildman–Crippen MR) is 87.7 cm³/mol. The highest BCUT2D eigenvalue weighted by Gasteiger charge is 2.44. The molecule has 1 aliphatic carbocycles. The fraction of sp³-hybridized carbons (Fsp3) is 0.722. The van der Waals surface area contributed by atoms with Gasteiger partial charge in [0, 0.05) is 32.3 Å². The van der Waals surface area contributed by atoms with E-state index in [2.05, 4.69) is 9.97 Å². The Bertz CT molecular complexity index is 592. The lowest BCUT2D eigenvalue weighted by molar-refractivity contribution is -0.0411. The number of hydrogen-bond acceptors (Lipinski definition) is 5. The minimum atomic E-state index is -0.0933. The smallest absolute Gasteiger partial charge is 0.274 e. The monoisotopic (exact) mass is 331 g/mol. The molecule has 1 atom stereocenters. The Morgan fingerprint density at radius 2 is 2.12 bits per heavy atom. The standard InChI is InChI=1S/C18H25N3O3/c1-13-9-20-16(10-19-13)17(22)21-6-4-18(5-7-21)8-15(12-24-18)23-11-14-2-3-14/h9-10,14-15H,2-8,11-12H2,1H3. The fourth-order valence-electron chi connectivity index (χ4n) is 3.60. The van der Waals surface area contributed by atoms with E-state index in [1.54, 1.807) is 12.4 Å². The van der Waals surface area contributed by atoms with Crippen LogP contribution in [0, 0.1) is 12.8 Å². The summed E-state index contributed by atoms with van der Waals surface area (Å²) in [5.74, 6) is 0.758. The van der Waals surface area contributed by atoms with E-state index in [9.17, 15) is 4.79 Å². The van der Waals surface area contributed by atoms with Gasteiger partial charge >= 0.3 is 0 Å². The summed E-state index contributed by atoms with van der Waals surface area (Å²) in [7, 11) is 0. The Morgan fingerprint density at radius 3 is 2.79 bits per heavy atom. The molecule has 1 unspecified atom stereocenters. The first-order valence-corrected chi connectivity index (χ1v) is 8.97. The van der Waals surface area contributed by atoms with Crippen LogP contribution in [-0.2, 0) is 9.47 Å². The molecule has 6 nitrogen and oxygen atoms in total. The Labute approximate surface area is 142 Å². The first-order chi connectivity index (χ1) is 11.6. The fourth-order valence-corrected chi connectivity index (χ4v) is 3.60. The number of aryl methyl sites for hydroxylation is 1. The van der Waals surface area contributed by atoms with Gasteiger partial charge in [-0.2, -0.15) is 0 Å². The highest BCUT2D eigenvalue weighted by molar-refractivity contribution is 5.92. The molecule has 1 aromatic rings. The zero-order valence-electron chi connectivity index (χ0n) is 14.2. The summed E-state index contributed by atoms with van der Waals surface area (Å²) in [6.45, 7) is 4.88. The van der Waals surface area contributed by atoms with Crippen molar-refractivity contribution in [3.05, 3.63) is 23.8 Å². The van der Waals surface area contributed by atoms with Gasteiger partial charge in [-0.15, -0.1) is 0 Å². The Hall–Kier alpha value is -1.53. The van der Waals surface area contributed by atoms with E-state index in [1.165, 1.54) is 12.8 Å². The largest absolute Gasteiger partial charge is 0.375 e. The van der Waals surface area contributed by atoms with Crippen molar-refractivity contribution in [2.45, 2.75) is 50.7 Å². The first-order valence-electron chi connectivity index (χ1n) is 8.97. The van der Waals surface area contributed by atoms with Gasteiger partial charge < -0.3 is 14.4 Å². The van der Waals surface area contributed by atoms with Crippen LogP contribution in [0.3, 0.4) is 0 Å². The molecule has 1 amide bonds. The first kappa shape index (κ1) is 16.0. The quantitative estimate of drug-likeness (QED) is 0.844. The molecule has 0 aromatic carbocycles. The van der Waals surface area contributed by atoms with E-state index in [-0.39, 0.29) is 17.6 Å². The maximum Gasteiger partial charge on any atom is 0.274 e. The molecule has 3 heterocycles. The number of amides is 1. The molecule has 1 aromatic heterocycles. The van der Waals surface area contributed by atoms with Crippen molar-refractivity contribution in [1.29, 1.82) is 0 Å². The second kappa shape index (κ2) is 6.41. The third-order valence-corrected chi connectivity index (χ3v) is 5.40. The van der Waals surface area contributed by atoms with Crippen molar-refractivity contribution in [1.82, 2.24) is 14.9 Å². The average molecular weight is 331 g/mol. The van der Waals surface area contributed by atoms with E-state index in [0.29, 0.717) is 25.4 Å². The van der Waals surface area contributed by atoms with Gasteiger partial charge in [-0.3, -0.25) is 9.78 Å². The topological polar surface area (TPSA) is 64.6 Å². The Balaban J connectivity index is 1.30. The lowest BCUT2D eigenvalue weighted by Crippen LogP contribution is -2.46. The molecule has 4 rings (SSSR count). The van der Waals surface area contributed by atoms with Crippen LogP contribution in [0.25, 0.3) is 0 Å². The molecule has 3 fully saturated rings. The molecule has 130 valence electrons. The molecular weight excluding hydrogens is 306 g/mol. The molecular formula is C18H25N3O3. The second-order valence-electron chi connectivity index (χ2n) is 7.43. The van der Waals surface area contributed by atoms with Gasteiger partial charge in [0.25, 0.3) is 5.91 Å². The van der Waals surface area contributed by atoms with E-state index in [0.717, 1.165) is 37.5 Å². The number of carbonyl (C=O) groups is 1. The van der Waals surface area contributed by atoms with Gasteiger partial charge in [0.15, 0.2) is 0 Å². The number of nitrogens with zero attached hydrogens (tertiary/aromatic N) is 3. The van der Waals surface area contributed by atoms with Crippen LogP contribution in [0.5, 0.6) is 0 Å². The van der Waals surface area contributed by atoms with Gasteiger partial charge in [0.1, 0.15) is 5.69 Å². The van der Waals surface area contributed by atoms with Crippen molar-refractivity contribution in [3.8, 4) is 0 Å². The number of likely N-dealkylation sites (tertiary alicyclic amines) is 1. The van der Waals surface area contributed by atoms with Crippen molar-refractivity contribution in [2.24, 2.45) is 5.92 Å². The Morgan fingerprint density at radius 1 is 1.33 bits per heavy atom. The molecule has 24 heavy (non-hydrogen) atoms. The van der Waals surface area contributed by atoms with Crippen molar-refractivity contribution >= 4 is 5.91 Å². The zero-order chi connectivity index (χ0) is 16.6. The molecule has 0 bridgehead atoms. The van der Waals surface area contributed by atoms with Crippen molar-refractivity contribution in [3.63, 3.8) is 0 Å². The van der Waals surface area contributed by atoms with E-state index >= 15 is 0 Å². The SMILES string of the molecule is Cc1cnc(C(=O)N2CCC3(CC2)CC(OCC2CC2)CO3)cn1. The van der Waals surface area contributed by atoms with E-state index < -0.39 is 0 Å². The van der Waals surface area contributed by atoms with Crippen molar-refractivity contribution in [2.75, 3.05) is 26.3 Å². The molecule has 6 heteroatoms. The normalized spacial score (nSPS) is 26.0. The lowest BCUT2D eigenvalue weighted by atomic mass is 9.88. The summed E-state index contributed by atoms with van der Waals surface area (Å²) in [4.78, 5) is 22.7. The molecule has 2 saturated heterocycles. The molecule has 1 saturated carbocycles. The van der Waals surface area contributed by atoms with Gasteiger partial charge in [0.2, 0.25) is 0 Å². The minimum Gasteiger partial charge on any atom is -0.375 e. The molecule has 1 spiro atoms. The van der Waals surface area contributed by atoms with Crippen LogP contribution in [-0.4, -0.2) is 58.8 Å². The van der Waals surface area contributed by atoms with Crippen molar-refractivity contribution < 1.29 is 14.3 Å². The minimum absolute atomic E-state index is 0.0307. The van der Waals surface area contributed by atoms with Crippen LogP contribution >= 0.6 is 0 Å². The third kappa shape index (κ3) is 3.44. The van der Waals surface area contributed by atoms with Crippen LogP contribution < -0.4 is 0 Å². The average Bonchev–Trinajstić information content (AvgIpc) is 3.36. The summed E-state index contributed by atoms with van der Waals surface area (Å²) in [6, 6.07) is 0. The number of piperidine rings is 1. The number of carbonyl (C=O) groups excluding carboxylic acids is 1. The number of rotatable bonds is 4. The van der Waals surface area contributed by atoms with E-state index in [4.69, 9.17) is 9.47 Å². The van der Waals surface area contributed by atoms with E-state index in [1.807, 2.05) is 11.8 Å². The lowest BCUT2D eigenvalue weighted by Gasteiger charge is -2.38. The van der Waals surface area contributed by atoms with Gasteiger partial charge in [-0.1, -0.05) is 0 Å². The maximum atomic E-state index is 12.5. The summed E-state index contributed by atoms with van der Waals surface area (Å²) < 4.78 is 12.1. The highest BCUT2D eigenvalue weighted by Crippen LogP contribution is 2.38. The van der Waals surface area contributed by atoms with Gasteiger partial charge in [0.05, 0.1) is 30.2 Å². The number of hydrogen-bond donors (Lipinski definition) is 0. The van der Waals surface area contributed by atoms with Gasteiger partial charge in [-0.25, -0.2) is 4.98 Å². The Kier molecular flexibility index (Phi) is 4.26. The van der Waals surface area contributed by atoms with Crippen LogP contribution in [0.2, 0.25) is 0 Å². The molecule has 0 radical (unpaired) electrons. The summed E-state index contributed by atoms with van der Waals surface area (Å²) >= 11 is 0. The predicted octanol–water partition coefficient (Wildman–Crippen LogP) is 1.98. The zero-order valence-corrected chi connectivity index (χ0v) is 14.2. The van der Waals surface area contributed by atoms with Crippen LogP contribution in [0.4, 0.5) is 0 Å². The summed E-state index contributed by atoms with van der Waals surface area (Å²) in [6.07, 6.45) is 8.79. The van der Waals surface area contributed by atoms with Crippen LogP contribution in [0.15, 0.2) is 12.4 Å². The van der Waals surface area contributed by atoms with Gasteiger partial charge in [-0.05, 0) is 38.5 Å². The second-order valence-corrected chi connectivity index (χ2v) is 7.43. The maximum absolute atomic E-state index is 12.5. The summed E-state index contributed by atoms with van der Waals surface area (Å²) in [5.41, 5.74) is 1.15. The number of ether oxygens (including phenoxy) is 2.